The molecule has 0 amide bonds. The molecule has 1 aromatic heterocycles. The van der Waals surface area contributed by atoms with Gasteiger partial charge in [-0.25, -0.2) is 13.4 Å². The molecule has 1 radical (unpaired) electrons. The first-order valence-electron chi connectivity index (χ1n) is 7.43. The molecule has 129 valence electrons. The molecule has 0 aliphatic heterocycles. The molecule has 4 bridgehead atoms. The van der Waals surface area contributed by atoms with Gasteiger partial charge in [0.25, 0.3) is 0 Å². The minimum atomic E-state index is -4.14. The van der Waals surface area contributed by atoms with E-state index in [1.54, 1.807) is 0 Å². The zero-order chi connectivity index (χ0) is 15.5. The molecule has 5 rings (SSSR count). The van der Waals surface area contributed by atoms with Crippen LogP contribution in [0.25, 0.3) is 5.14 Å². The molecule has 1 N–H and O–H groups in total. The number of rotatable bonds is 3. The molecule has 0 atom stereocenters. The Kier molecular flexibility index (Phi) is 4.34. The van der Waals surface area contributed by atoms with Gasteiger partial charge in [-0.3, -0.25) is 0 Å². The molecule has 23 heavy (non-hydrogen) atoms. The Morgan fingerprint density at radius 2 is 1.70 bits per heavy atom. The van der Waals surface area contributed by atoms with Crippen LogP contribution >= 0.6 is 11.3 Å². The largest absolute Gasteiger partial charge is 2.00 e. The van der Waals surface area contributed by atoms with Gasteiger partial charge in [0.2, 0.25) is 9.47 Å². The second-order valence-corrected chi connectivity index (χ2v) is 9.58. The van der Waals surface area contributed by atoms with E-state index >= 15 is 0 Å². The van der Waals surface area contributed by atoms with Crippen molar-refractivity contribution in [3.63, 3.8) is 0 Å². The van der Waals surface area contributed by atoms with Gasteiger partial charge in [-0.15, -0.1) is 10.2 Å². The maximum absolute atomic E-state index is 12.7. The fourth-order valence-corrected chi connectivity index (χ4v) is 6.19. The van der Waals surface area contributed by atoms with Gasteiger partial charge in [0.1, 0.15) is 10.0 Å². The minimum Gasteiger partial charge on any atom is -0.861 e. The zero-order valence-electron chi connectivity index (χ0n) is 12.2. The second kappa shape index (κ2) is 5.77. The minimum absolute atomic E-state index is 0. The van der Waals surface area contributed by atoms with E-state index in [1.165, 1.54) is 19.3 Å². The number of aromatic nitrogens is 2. The third-order valence-corrected chi connectivity index (χ3v) is 7.38. The average molecular weight is 404 g/mol. The summed E-state index contributed by atoms with van der Waals surface area (Å²) in [5.41, 5.74) is -0.361. The first-order chi connectivity index (χ1) is 10.3. The number of sulfonamides is 1. The Morgan fingerprint density at radius 3 is 2.13 bits per heavy atom. The van der Waals surface area contributed by atoms with Crippen LogP contribution in [0.5, 0.6) is 0 Å². The molecule has 4 saturated carbocycles. The molecule has 10 heteroatoms. The Balaban J connectivity index is 0.00000156. The Hall–Kier alpha value is -0.541. The van der Waals surface area contributed by atoms with Gasteiger partial charge < -0.3 is 10.2 Å². The van der Waals surface area contributed by atoms with E-state index in [0.717, 1.165) is 19.3 Å². The molecule has 1 heterocycles. The van der Waals surface area contributed by atoms with Gasteiger partial charge in [0, 0.05) is 0 Å². The number of aliphatic imine (C=N–C) groups is 1. The Bertz CT molecular complexity index is 711. The van der Waals surface area contributed by atoms with Crippen LogP contribution in [-0.4, -0.2) is 24.5 Å². The number of nitrogens with one attached hydrogen (secondary N) is 1. The van der Waals surface area contributed by atoms with Gasteiger partial charge in [0.15, 0.2) is 0 Å². The molecule has 7 nitrogen and oxygen atoms in total. The molecule has 4 aliphatic carbocycles. The Morgan fingerprint density at radius 1 is 1.17 bits per heavy atom. The Labute approximate surface area is 149 Å². The topological polar surface area (TPSA) is 119 Å². The van der Waals surface area contributed by atoms with Crippen molar-refractivity contribution in [1.29, 1.82) is 0 Å². The molecular formula is C13H16CuN4O3S2. The van der Waals surface area contributed by atoms with Crippen molar-refractivity contribution >= 4 is 32.4 Å². The summed E-state index contributed by atoms with van der Waals surface area (Å²) in [5, 5.41) is 26.8. The molecule has 0 aromatic carbocycles. The van der Waals surface area contributed by atoms with Crippen molar-refractivity contribution in [2.75, 3.05) is 0 Å². The summed E-state index contributed by atoms with van der Waals surface area (Å²) in [6.07, 6.45) is 6.45. The van der Waals surface area contributed by atoms with Crippen LogP contribution in [0.3, 0.4) is 0 Å². The molecule has 1 aromatic rings. The number of nitrogens with zero attached hydrogens (tertiary/aromatic N) is 3. The normalized spacial score (nSPS) is 36.0. The van der Waals surface area contributed by atoms with E-state index in [-0.39, 0.29) is 33.5 Å². The maximum Gasteiger partial charge on any atom is 2.00 e. The predicted octanol–water partition coefficient (Wildman–Crippen LogP) is 1.88. The van der Waals surface area contributed by atoms with Crippen molar-refractivity contribution in [3.05, 3.63) is 5.14 Å². The van der Waals surface area contributed by atoms with Crippen molar-refractivity contribution in [2.45, 2.75) is 42.9 Å². The summed E-state index contributed by atoms with van der Waals surface area (Å²) in [6.45, 7) is 0. The third-order valence-electron chi connectivity index (χ3n) is 5.31. The summed E-state index contributed by atoms with van der Waals surface area (Å²) in [5.74, 6) is 1.76. The summed E-state index contributed by atoms with van der Waals surface area (Å²) < 4.78 is 21.8. The van der Waals surface area contributed by atoms with Gasteiger partial charge in [-0.1, -0.05) is 11.3 Å². The summed E-state index contributed by atoms with van der Waals surface area (Å²) in [4.78, 5) is 4.04. The van der Waals surface area contributed by atoms with E-state index in [0.29, 0.717) is 29.1 Å². The summed E-state index contributed by atoms with van der Waals surface area (Å²) >= 11 is 0.687. The van der Waals surface area contributed by atoms with Crippen LogP contribution in [0.15, 0.2) is 9.33 Å². The van der Waals surface area contributed by atoms with Gasteiger partial charge >= 0.3 is 17.1 Å². The van der Waals surface area contributed by atoms with Gasteiger partial charge in [-0.2, -0.15) is 0 Å². The van der Waals surface area contributed by atoms with Crippen LogP contribution in [0.2, 0.25) is 0 Å². The smallest absolute Gasteiger partial charge is 0.861 e. The quantitative estimate of drug-likeness (QED) is 0.433. The molecule has 0 spiro atoms. The first kappa shape index (κ1) is 17.3. The second-order valence-electron chi connectivity index (χ2n) is 6.97. The molecular weight excluding hydrogens is 388 g/mol. The molecule has 4 aliphatic rings. The van der Waals surface area contributed by atoms with Crippen LogP contribution in [0, 0.1) is 23.2 Å². The third kappa shape index (κ3) is 3.07. The predicted molar refractivity (Wildman–Crippen MR) is 79.1 cm³/mol. The molecule has 0 saturated heterocycles. The van der Waals surface area contributed by atoms with Crippen molar-refractivity contribution in [2.24, 2.45) is 28.2 Å². The van der Waals surface area contributed by atoms with E-state index in [1.807, 2.05) is 0 Å². The molecule has 0 unspecified atom stereocenters. The SMILES string of the molecule is [Cu+2].[NH-]S(=O)(=O)c1nnc(/N=C(\[O-])C23CC4CC(CC(C4)C2)C3)s1. The summed E-state index contributed by atoms with van der Waals surface area (Å²) in [6, 6.07) is 0. The standard InChI is InChI=1S/C13H17N4O3S2.Cu/c14-22(19,20)12-17-16-11(21-12)15-10(18)13-4-7-1-8(5-13)3-9(2-7)6-13;/h7-9H,1-6H2,(H2-,14,15,16,18,19,20);/q-1;+2/p-1. The fraction of sp³-hybridized carbons (Fsp3) is 0.769. The van der Waals surface area contributed by atoms with Crippen LogP contribution in [0.1, 0.15) is 38.5 Å². The van der Waals surface area contributed by atoms with E-state index in [9.17, 15) is 13.5 Å². The van der Waals surface area contributed by atoms with E-state index in [4.69, 9.17) is 5.14 Å². The number of hydrogen-bond acceptors (Lipinski definition) is 7. The maximum atomic E-state index is 12.7. The van der Waals surface area contributed by atoms with Gasteiger partial charge in [0.05, 0.1) is 0 Å². The van der Waals surface area contributed by atoms with E-state index in [2.05, 4.69) is 15.2 Å². The van der Waals surface area contributed by atoms with Gasteiger partial charge in [-0.05, 0) is 67.6 Å². The summed E-state index contributed by atoms with van der Waals surface area (Å²) in [7, 11) is -4.14. The van der Waals surface area contributed by atoms with Crippen molar-refractivity contribution in [1.82, 2.24) is 10.2 Å². The van der Waals surface area contributed by atoms with E-state index < -0.39 is 14.4 Å². The fourth-order valence-electron chi connectivity index (χ4n) is 4.93. The molecule has 4 fully saturated rings. The van der Waals surface area contributed by atoms with Crippen molar-refractivity contribution < 1.29 is 30.6 Å². The van der Waals surface area contributed by atoms with Crippen molar-refractivity contribution in [3.8, 4) is 0 Å². The average Bonchev–Trinajstić information content (AvgIpc) is 2.85. The van der Waals surface area contributed by atoms with Crippen LogP contribution < -0.4 is 5.11 Å². The first-order valence-corrected chi connectivity index (χ1v) is 9.73. The zero-order valence-corrected chi connectivity index (χ0v) is 14.7. The monoisotopic (exact) mass is 403 g/mol. The number of hydrogen-bond donors (Lipinski definition) is 0. The van der Waals surface area contributed by atoms with Crippen LogP contribution in [0.4, 0.5) is 5.13 Å². The van der Waals surface area contributed by atoms with Crippen LogP contribution in [-0.2, 0) is 27.1 Å².